The van der Waals surface area contributed by atoms with Crippen LogP contribution in [0.3, 0.4) is 0 Å². The molecule has 9 heteroatoms. The van der Waals surface area contributed by atoms with Gasteiger partial charge in [-0.25, -0.2) is 4.79 Å². The van der Waals surface area contributed by atoms with E-state index < -0.39 is 6.09 Å². The summed E-state index contributed by atoms with van der Waals surface area (Å²) in [6.07, 6.45) is 1.32. The molecule has 178 valence electrons. The maximum Gasteiger partial charge on any atom is 0.407 e. The predicted molar refractivity (Wildman–Crippen MR) is 129 cm³/mol. The second-order valence-electron chi connectivity index (χ2n) is 8.04. The third-order valence-corrected chi connectivity index (χ3v) is 5.59. The van der Waals surface area contributed by atoms with Gasteiger partial charge in [0.25, 0.3) is 0 Å². The normalized spacial score (nSPS) is 15.6. The Labute approximate surface area is 198 Å². The van der Waals surface area contributed by atoms with Gasteiger partial charge >= 0.3 is 6.09 Å². The molecular weight excluding hydrogens is 434 g/mol. The number of benzene rings is 2. The SMILES string of the molecule is COCOc1ccccc1-c1cc(N2CCC[C@@H](NC(=O)OCc3ccccc3)C2)c(N)nn1. The molecule has 1 aromatic heterocycles. The molecule has 1 aliphatic heterocycles. The molecule has 4 rings (SSSR count). The highest BCUT2D eigenvalue weighted by atomic mass is 16.7. The van der Waals surface area contributed by atoms with Crippen LogP contribution in [-0.4, -0.2) is 49.3 Å². The smallest absolute Gasteiger partial charge is 0.407 e. The lowest BCUT2D eigenvalue weighted by atomic mass is 10.0. The lowest BCUT2D eigenvalue weighted by Crippen LogP contribution is -2.48. The molecule has 0 aliphatic carbocycles. The third-order valence-electron chi connectivity index (χ3n) is 5.59. The molecular formula is C25H29N5O4. The summed E-state index contributed by atoms with van der Waals surface area (Å²) in [4.78, 5) is 14.5. The van der Waals surface area contributed by atoms with Crippen LogP contribution in [0.4, 0.5) is 16.3 Å². The molecule has 0 saturated carbocycles. The maximum atomic E-state index is 12.3. The lowest BCUT2D eigenvalue weighted by molar-refractivity contribution is 0.0515. The topological polar surface area (TPSA) is 112 Å². The van der Waals surface area contributed by atoms with Crippen molar-refractivity contribution in [1.29, 1.82) is 0 Å². The number of hydrogen-bond donors (Lipinski definition) is 2. The summed E-state index contributed by atoms with van der Waals surface area (Å²) < 4.78 is 16.1. The van der Waals surface area contributed by atoms with Crippen molar-refractivity contribution in [2.24, 2.45) is 0 Å². The summed E-state index contributed by atoms with van der Waals surface area (Å²) in [5.41, 5.74) is 9.36. The van der Waals surface area contributed by atoms with Gasteiger partial charge in [0, 0.05) is 31.8 Å². The van der Waals surface area contributed by atoms with Gasteiger partial charge in [-0.05, 0) is 36.6 Å². The van der Waals surface area contributed by atoms with E-state index in [2.05, 4.69) is 20.4 Å². The largest absolute Gasteiger partial charge is 0.467 e. The zero-order valence-corrected chi connectivity index (χ0v) is 19.1. The molecule has 3 aromatic rings. The number of ether oxygens (including phenoxy) is 3. The second-order valence-corrected chi connectivity index (χ2v) is 8.04. The van der Waals surface area contributed by atoms with Crippen molar-refractivity contribution in [2.45, 2.75) is 25.5 Å². The highest BCUT2D eigenvalue weighted by Gasteiger charge is 2.24. The van der Waals surface area contributed by atoms with Crippen molar-refractivity contribution in [2.75, 3.05) is 37.6 Å². The van der Waals surface area contributed by atoms with E-state index in [1.807, 2.05) is 60.7 Å². The first-order chi connectivity index (χ1) is 16.6. The Morgan fingerprint density at radius 3 is 2.76 bits per heavy atom. The van der Waals surface area contributed by atoms with E-state index >= 15 is 0 Å². The molecule has 1 atom stereocenters. The molecule has 0 radical (unpaired) electrons. The lowest BCUT2D eigenvalue weighted by Gasteiger charge is -2.34. The van der Waals surface area contributed by atoms with Gasteiger partial charge in [0.15, 0.2) is 12.6 Å². The standard InChI is InChI=1S/C25H29N5O4/c1-32-17-34-23-12-6-5-11-20(23)21-14-22(24(26)29-28-21)30-13-7-10-19(15-30)27-25(31)33-16-18-8-3-2-4-9-18/h2-6,8-9,11-12,14,19H,7,10,13,15-17H2,1H3,(H2,26,29)(H,27,31)/t19-/m1/s1. The molecule has 0 spiro atoms. The number of rotatable bonds is 8. The summed E-state index contributed by atoms with van der Waals surface area (Å²) in [6, 6.07) is 19.0. The van der Waals surface area contributed by atoms with Crippen molar-refractivity contribution in [3.8, 4) is 17.0 Å². The minimum atomic E-state index is -0.429. The number of piperidine rings is 1. The molecule has 0 bridgehead atoms. The van der Waals surface area contributed by atoms with Gasteiger partial charge in [-0.15, -0.1) is 10.2 Å². The Balaban J connectivity index is 1.43. The summed E-state index contributed by atoms with van der Waals surface area (Å²) in [5, 5.41) is 11.4. The molecule has 0 unspecified atom stereocenters. The molecule has 1 amide bonds. The van der Waals surface area contributed by atoms with Crippen LogP contribution < -0.4 is 20.7 Å². The van der Waals surface area contributed by atoms with Crippen molar-refractivity contribution >= 4 is 17.6 Å². The molecule has 2 heterocycles. The summed E-state index contributed by atoms with van der Waals surface area (Å²) >= 11 is 0. The fraction of sp³-hybridized carbons (Fsp3) is 0.320. The molecule has 3 N–H and O–H groups in total. The minimum absolute atomic E-state index is 0.0645. The summed E-state index contributed by atoms with van der Waals surface area (Å²) in [7, 11) is 1.57. The fourth-order valence-corrected chi connectivity index (χ4v) is 3.95. The van der Waals surface area contributed by atoms with Crippen LogP contribution in [0.1, 0.15) is 18.4 Å². The first kappa shape index (κ1) is 23.3. The molecule has 1 fully saturated rings. The van der Waals surface area contributed by atoms with Crippen LogP contribution in [-0.2, 0) is 16.1 Å². The van der Waals surface area contributed by atoms with Crippen molar-refractivity contribution in [1.82, 2.24) is 15.5 Å². The van der Waals surface area contributed by atoms with Crippen LogP contribution in [0.5, 0.6) is 5.75 Å². The number of nitrogen functional groups attached to an aromatic ring is 1. The first-order valence-corrected chi connectivity index (χ1v) is 11.2. The monoisotopic (exact) mass is 463 g/mol. The number of anilines is 2. The predicted octanol–water partition coefficient (Wildman–Crippen LogP) is 3.60. The van der Waals surface area contributed by atoms with E-state index in [4.69, 9.17) is 19.9 Å². The maximum absolute atomic E-state index is 12.3. The number of nitrogens with zero attached hydrogens (tertiary/aromatic N) is 3. The number of nitrogens with one attached hydrogen (secondary N) is 1. The Kier molecular flexibility index (Phi) is 7.77. The van der Waals surface area contributed by atoms with Crippen LogP contribution in [0, 0.1) is 0 Å². The van der Waals surface area contributed by atoms with E-state index in [0.717, 1.165) is 36.2 Å². The van der Waals surface area contributed by atoms with E-state index in [9.17, 15) is 4.79 Å². The van der Waals surface area contributed by atoms with Gasteiger partial charge in [0.05, 0.1) is 11.4 Å². The quantitative estimate of drug-likeness (QED) is 0.488. The highest BCUT2D eigenvalue weighted by Crippen LogP contribution is 2.33. The van der Waals surface area contributed by atoms with Crippen molar-refractivity contribution in [3.63, 3.8) is 0 Å². The number of carbonyl (C=O) groups excluding carboxylic acids is 1. The van der Waals surface area contributed by atoms with Gasteiger partial charge in [-0.1, -0.05) is 42.5 Å². The zero-order chi connectivity index (χ0) is 23.8. The average Bonchev–Trinajstić information content (AvgIpc) is 2.87. The summed E-state index contributed by atoms with van der Waals surface area (Å²) in [6.45, 7) is 1.76. The Morgan fingerprint density at radius 2 is 1.94 bits per heavy atom. The minimum Gasteiger partial charge on any atom is -0.467 e. The van der Waals surface area contributed by atoms with Gasteiger partial charge < -0.3 is 30.2 Å². The molecule has 9 nitrogen and oxygen atoms in total. The van der Waals surface area contributed by atoms with Crippen molar-refractivity contribution in [3.05, 3.63) is 66.2 Å². The van der Waals surface area contributed by atoms with Crippen LogP contribution in [0.15, 0.2) is 60.7 Å². The van der Waals surface area contributed by atoms with Gasteiger partial charge in [0.2, 0.25) is 0 Å². The number of para-hydroxylation sites is 1. The third kappa shape index (κ3) is 5.93. The molecule has 1 aliphatic rings. The Morgan fingerprint density at radius 1 is 1.15 bits per heavy atom. The number of hydrogen-bond acceptors (Lipinski definition) is 8. The van der Waals surface area contributed by atoms with E-state index in [0.29, 0.717) is 23.8 Å². The van der Waals surface area contributed by atoms with Gasteiger partial charge in [-0.3, -0.25) is 0 Å². The average molecular weight is 464 g/mol. The van der Waals surface area contributed by atoms with Gasteiger partial charge in [0.1, 0.15) is 12.4 Å². The Bertz CT molecular complexity index is 1100. The number of aromatic nitrogens is 2. The molecule has 2 aromatic carbocycles. The van der Waals surface area contributed by atoms with E-state index in [1.54, 1.807) is 7.11 Å². The number of nitrogens with two attached hydrogens (primary N) is 1. The van der Waals surface area contributed by atoms with Crippen LogP contribution in [0.25, 0.3) is 11.3 Å². The number of amides is 1. The van der Waals surface area contributed by atoms with Crippen LogP contribution in [0.2, 0.25) is 0 Å². The first-order valence-electron chi connectivity index (χ1n) is 11.2. The molecule has 1 saturated heterocycles. The fourth-order valence-electron chi connectivity index (χ4n) is 3.95. The number of methoxy groups -OCH3 is 1. The van der Waals surface area contributed by atoms with Crippen LogP contribution >= 0.6 is 0 Å². The van der Waals surface area contributed by atoms with Crippen molar-refractivity contribution < 1.29 is 19.0 Å². The van der Waals surface area contributed by atoms with E-state index in [1.165, 1.54) is 0 Å². The Hall–Kier alpha value is -3.85. The zero-order valence-electron chi connectivity index (χ0n) is 19.1. The molecule has 34 heavy (non-hydrogen) atoms. The second kappa shape index (κ2) is 11.3. The van der Waals surface area contributed by atoms with Gasteiger partial charge in [-0.2, -0.15) is 0 Å². The van der Waals surface area contributed by atoms with E-state index in [-0.39, 0.29) is 19.4 Å². The number of alkyl carbamates (subject to hydrolysis) is 1. The highest BCUT2D eigenvalue weighted by molar-refractivity contribution is 5.74. The number of carbonyl (C=O) groups is 1. The summed E-state index contributed by atoms with van der Waals surface area (Å²) in [5.74, 6) is 0.986.